The van der Waals surface area contributed by atoms with Crippen LogP contribution in [0.3, 0.4) is 0 Å². The molecular weight excluding hydrogens is 388 g/mol. The van der Waals surface area contributed by atoms with Crippen LogP contribution >= 0.6 is 0 Å². The number of ether oxygens (including phenoxy) is 2. The lowest BCUT2D eigenvalue weighted by Crippen LogP contribution is -2.25. The highest BCUT2D eigenvalue weighted by Crippen LogP contribution is 2.27. The molecule has 0 saturated carbocycles. The summed E-state index contributed by atoms with van der Waals surface area (Å²) >= 11 is 0. The molecule has 2 saturated heterocycles. The quantitative estimate of drug-likeness (QED) is 0.397. The Bertz CT molecular complexity index is 746. The molecule has 8 heteroatoms. The van der Waals surface area contributed by atoms with Gasteiger partial charge < -0.3 is 40.5 Å². The molecule has 0 bridgehead atoms. The van der Waals surface area contributed by atoms with Crippen LogP contribution in [-0.4, -0.2) is 70.5 Å². The van der Waals surface area contributed by atoms with Gasteiger partial charge in [-0.25, -0.2) is 0 Å². The van der Waals surface area contributed by atoms with Crippen molar-refractivity contribution >= 4 is 11.4 Å². The molecule has 0 amide bonds. The third-order valence-corrected chi connectivity index (χ3v) is 5.57. The molecule has 0 unspecified atom stereocenters. The number of aliphatic hydroxyl groups is 4. The number of hydrogen-bond acceptors (Lipinski definition) is 8. The van der Waals surface area contributed by atoms with Crippen LogP contribution in [0, 0.1) is 0 Å². The van der Waals surface area contributed by atoms with Gasteiger partial charge >= 0.3 is 0 Å². The van der Waals surface area contributed by atoms with E-state index in [1.54, 1.807) is 0 Å². The van der Waals surface area contributed by atoms with Crippen LogP contribution in [0.1, 0.15) is 12.8 Å². The van der Waals surface area contributed by atoms with Crippen LogP contribution in [0.5, 0.6) is 0 Å². The summed E-state index contributed by atoms with van der Waals surface area (Å²) in [6.07, 6.45) is -2.18. The minimum Gasteiger partial charge on any atom is -0.394 e. The summed E-state index contributed by atoms with van der Waals surface area (Å²) in [6, 6.07) is 15.8. The molecular formula is C22H28N2O6. The zero-order valence-electron chi connectivity index (χ0n) is 16.5. The van der Waals surface area contributed by atoms with Gasteiger partial charge in [-0.05, 0) is 35.4 Å². The number of nitrogens with one attached hydrogen (secondary N) is 2. The molecule has 2 aromatic carbocycles. The fourth-order valence-corrected chi connectivity index (χ4v) is 3.86. The fraction of sp³-hybridized carbons (Fsp3) is 0.455. The fourth-order valence-electron chi connectivity index (χ4n) is 3.86. The van der Waals surface area contributed by atoms with E-state index in [2.05, 4.69) is 10.6 Å². The number of hydrogen-bond donors (Lipinski definition) is 6. The topological polar surface area (TPSA) is 123 Å². The minimum absolute atomic E-state index is 0.196. The Morgan fingerprint density at radius 2 is 1.03 bits per heavy atom. The van der Waals surface area contributed by atoms with Gasteiger partial charge in [0.1, 0.15) is 24.7 Å². The van der Waals surface area contributed by atoms with E-state index in [1.165, 1.54) is 0 Å². The summed E-state index contributed by atoms with van der Waals surface area (Å²) in [5.74, 6) is 0. The summed E-state index contributed by atoms with van der Waals surface area (Å²) in [7, 11) is 0. The Balaban J connectivity index is 1.33. The highest BCUT2D eigenvalue weighted by Gasteiger charge is 2.34. The Kier molecular flexibility index (Phi) is 6.52. The average Bonchev–Trinajstić information content (AvgIpc) is 3.30. The van der Waals surface area contributed by atoms with Crippen LogP contribution in [0.25, 0.3) is 11.1 Å². The molecule has 2 fully saturated rings. The van der Waals surface area contributed by atoms with Crippen molar-refractivity contribution in [3.05, 3.63) is 48.5 Å². The maximum Gasteiger partial charge on any atom is 0.130 e. The van der Waals surface area contributed by atoms with Gasteiger partial charge in [-0.1, -0.05) is 24.3 Å². The number of rotatable bonds is 7. The molecule has 0 aromatic heterocycles. The Morgan fingerprint density at radius 3 is 1.33 bits per heavy atom. The van der Waals surface area contributed by atoms with Gasteiger partial charge in [0.2, 0.25) is 0 Å². The van der Waals surface area contributed by atoms with Gasteiger partial charge in [0.15, 0.2) is 0 Å². The highest BCUT2D eigenvalue weighted by molar-refractivity contribution is 5.68. The highest BCUT2D eigenvalue weighted by atomic mass is 16.5. The molecule has 4 rings (SSSR count). The maximum absolute atomic E-state index is 9.82. The third kappa shape index (κ3) is 4.75. The molecule has 2 aliphatic heterocycles. The van der Waals surface area contributed by atoms with E-state index >= 15 is 0 Å². The molecule has 2 aromatic rings. The molecule has 6 N–H and O–H groups in total. The Morgan fingerprint density at radius 1 is 0.667 bits per heavy atom. The second-order valence-corrected chi connectivity index (χ2v) is 7.74. The van der Waals surface area contributed by atoms with Gasteiger partial charge in [-0.15, -0.1) is 0 Å². The van der Waals surface area contributed by atoms with E-state index in [0.29, 0.717) is 12.8 Å². The van der Waals surface area contributed by atoms with Gasteiger partial charge in [0, 0.05) is 24.2 Å². The van der Waals surface area contributed by atoms with Crippen molar-refractivity contribution in [2.24, 2.45) is 0 Å². The molecule has 6 atom stereocenters. The first-order valence-electron chi connectivity index (χ1n) is 10.2. The molecule has 0 aliphatic carbocycles. The first kappa shape index (κ1) is 21.0. The zero-order chi connectivity index (χ0) is 21.1. The summed E-state index contributed by atoms with van der Waals surface area (Å²) in [4.78, 5) is 0. The van der Waals surface area contributed by atoms with Crippen molar-refractivity contribution in [1.29, 1.82) is 0 Å². The summed E-state index contributed by atoms with van der Waals surface area (Å²) in [5.41, 5.74) is 3.87. The molecule has 2 aliphatic rings. The summed E-state index contributed by atoms with van der Waals surface area (Å²) < 4.78 is 11.1. The van der Waals surface area contributed by atoms with Gasteiger partial charge in [-0.2, -0.15) is 0 Å². The first-order chi connectivity index (χ1) is 14.6. The first-order valence-corrected chi connectivity index (χ1v) is 10.2. The molecule has 8 nitrogen and oxygen atoms in total. The normalized spacial score (nSPS) is 31.1. The van der Waals surface area contributed by atoms with E-state index in [1.807, 2.05) is 48.5 Å². The van der Waals surface area contributed by atoms with E-state index < -0.39 is 24.4 Å². The number of anilines is 2. The largest absolute Gasteiger partial charge is 0.394 e. The SMILES string of the molecule is OC[C@@H]1O[C@@H](Nc2ccc(-c3ccc(N[C@@H]4C[C@H](O)[C@H](CO)O4)cc3)cc2)C[C@H]1O. The lowest BCUT2D eigenvalue weighted by atomic mass is 10.0. The Hall–Kier alpha value is -2.20. The third-order valence-electron chi connectivity index (χ3n) is 5.57. The lowest BCUT2D eigenvalue weighted by molar-refractivity contribution is -0.0149. The molecule has 30 heavy (non-hydrogen) atoms. The number of aliphatic hydroxyl groups excluding tert-OH is 4. The summed E-state index contributed by atoms with van der Waals surface area (Å²) in [6.45, 7) is -0.392. The van der Waals surface area contributed by atoms with Crippen molar-refractivity contribution in [3.63, 3.8) is 0 Å². The number of benzene rings is 2. The van der Waals surface area contributed by atoms with Crippen molar-refractivity contribution in [2.45, 2.75) is 49.7 Å². The van der Waals surface area contributed by atoms with Crippen molar-refractivity contribution in [1.82, 2.24) is 0 Å². The predicted molar refractivity (Wildman–Crippen MR) is 112 cm³/mol. The van der Waals surface area contributed by atoms with Crippen molar-refractivity contribution in [2.75, 3.05) is 23.8 Å². The van der Waals surface area contributed by atoms with Gasteiger partial charge in [0.25, 0.3) is 0 Å². The van der Waals surface area contributed by atoms with Crippen molar-refractivity contribution in [3.8, 4) is 11.1 Å². The smallest absolute Gasteiger partial charge is 0.130 e. The Labute approximate surface area is 175 Å². The maximum atomic E-state index is 9.82. The summed E-state index contributed by atoms with van der Waals surface area (Å²) in [5, 5.41) is 44.4. The van der Waals surface area contributed by atoms with E-state index in [9.17, 15) is 20.4 Å². The minimum atomic E-state index is -0.661. The standard InChI is InChI=1S/C22H28N2O6/c25-11-19-17(27)9-21(29-19)23-15-5-1-13(2-6-15)14-3-7-16(8-4-14)24-22-10-18(28)20(12-26)30-22/h1-8,17-28H,9-12H2/t17-,18+,19-,20-,21-,22+/m0/s1. The second-order valence-electron chi connectivity index (χ2n) is 7.74. The molecule has 0 radical (unpaired) electrons. The molecule has 0 spiro atoms. The molecule has 162 valence electrons. The average molecular weight is 416 g/mol. The van der Waals surface area contributed by atoms with Crippen molar-refractivity contribution < 1.29 is 29.9 Å². The van der Waals surface area contributed by atoms with Gasteiger partial charge in [-0.3, -0.25) is 0 Å². The zero-order valence-corrected chi connectivity index (χ0v) is 16.5. The van der Waals surface area contributed by atoms with Gasteiger partial charge in [0.05, 0.1) is 25.4 Å². The van der Waals surface area contributed by atoms with Crippen LogP contribution in [0.2, 0.25) is 0 Å². The van der Waals surface area contributed by atoms with Crippen LogP contribution in [-0.2, 0) is 9.47 Å². The van der Waals surface area contributed by atoms with Crippen LogP contribution in [0.4, 0.5) is 11.4 Å². The predicted octanol–water partition coefficient (Wildman–Crippen LogP) is 1.11. The van der Waals surface area contributed by atoms with Crippen LogP contribution < -0.4 is 10.6 Å². The monoisotopic (exact) mass is 416 g/mol. The lowest BCUT2D eigenvalue weighted by Gasteiger charge is -2.16. The second kappa shape index (κ2) is 9.30. The van der Waals surface area contributed by atoms with E-state index in [-0.39, 0.29) is 25.7 Å². The molecule has 2 heterocycles. The van der Waals surface area contributed by atoms with E-state index in [0.717, 1.165) is 22.5 Å². The van der Waals surface area contributed by atoms with Crippen LogP contribution in [0.15, 0.2) is 48.5 Å². The van der Waals surface area contributed by atoms with E-state index in [4.69, 9.17) is 9.47 Å².